The molecule has 1 N–H and O–H groups in total. The largest absolute Gasteiger partial charge is 0.444 e. The van der Waals surface area contributed by atoms with E-state index in [4.69, 9.17) is 4.74 Å². The first-order valence-electron chi connectivity index (χ1n) is 10.1. The van der Waals surface area contributed by atoms with Crippen molar-refractivity contribution in [3.63, 3.8) is 0 Å². The summed E-state index contributed by atoms with van der Waals surface area (Å²) in [6.45, 7) is 6.36. The fourth-order valence-electron chi connectivity index (χ4n) is 3.72. The first-order chi connectivity index (χ1) is 13.9. The lowest BCUT2D eigenvalue weighted by atomic mass is 10.0. The molecule has 1 saturated heterocycles. The highest BCUT2D eigenvalue weighted by Crippen LogP contribution is 2.33. The molecule has 1 unspecified atom stereocenters. The Hall–Kier alpha value is -3.08. The fourth-order valence-corrected chi connectivity index (χ4v) is 3.72. The summed E-state index contributed by atoms with van der Waals surface area (Å²) in [7, 11) is 0. The molecule has 5 heteroatoms. The van der Waals surface area contributed by atoms with Crippen molar-refractivity contribution in [3.8, 4) is 22.4 Å². The van der Waals surface area contributed by atoms with Gasteiger partial charge in [0.05, 0.1) is 17.9 Å². The number of aromatic nitrogens is 2. The lowest BCUT2D eigenvalue weighted by Gasteiger charge is -2.27. The number of carbonyl (C=O) groups is 1. The normalized spacial score (nSPS) is 16.8. The number of rotatable bonds is 3. The van der Waals surface area contributed by atoms with Gasteiger partial charge in [0.1, 0.15) is 11.4 Å². The van der Waals surface area contributed by atoms with Gasteiger partial charge < -0.3 is 9.72 Å². The van der Waals surface area contributed by atoms with Gasteiger partial charge in [-0.15, -0.1) is 0 Å². The maximum absolute atomic E-state index is 12.6. The molecule has 0 radical (unpaired) electrons. The molecule has 0 aliphatic carbocycles. The van der Waals surface area contributed by atoms with Crippen molar-refractivity contribution in [2.24, 2.45) is 0 Å². The molecule has 0 spiro atoms. The second-order valence-electron chi connectivity index (χ2n) is 8.46. The van der Waals surface area contributed by atoms with Crippen molar-refractivity contribution in [1.29, 1.82) is 0 Å². The number of ether oxygens (including phenoxy) is 1. The number of likely N-dealkylation sites (tertiary alicyclic amines) is 1. The van der Waals surface area contributed by atoms with Crippen LogP contribution in [0.5, 0.6) is 0 Å². The molecular weight excluding hydrogens is 362 g/mol. The molecule has 2 aromatic carbocycles. The number of nitrogens with one attached hydrogen (secondary N) is 1. The first kappa shape index (κ1) is 19.2. The van der Waals surface area contributed by atoms with Gasteiger partial charge in [-0.05, 0) is 50.3 Å². The monoisotopic (exact) mass is 389 g/mol. The molecule has 2 heterocycles. The number of imidazole rings is 1. The van der Waals surface area contributed by atoms with Gasteiger partial charge in [0.15, 0.2) is 0 Å². The predicted molar refractivity (Wildman–Crippen MR) is 114 cm³/mol. The molecule has 1 aliphatic rings. The van der Waals surface area contributed by atoms with E-state index in [0.29, 0.717) is 6.54 Å². The third kappa shape index (κ3) is 4.34. The van der Waals surface area contributed by atoms with Crippen molar-refractivity contribution in [2.45, 2.75) is 45.3 Å². The number of benzene rings is 2. The standard InChI is InChI=1S/C24H27N3O2/c1-24(2,3)29-23(28)27-15-7-10-21(27)22-25-16-20(26-22)19-13-11-18(12-14-19)17-8-5-4-6-9-17/h4-6,8-9,11-14,16,21H,7,10,15H2,1-3H3,(H,25,26). The van der Waals surface area contributed by atoms with Crippen LogP contribution in [0.2, 0.25) is 0 Å². The summed E-state index contributed by atoms with van der Waals surface area (Å²) in [5, 5.41) is 0. The number of nitrogens with zero attached hydrogens (tertiary/aromatic N) is 2. The minimum absolute atomic E-state index is 0.0674. The van der Waals surface area contributed by atoms with Crippen LogP contribution < -0.4 is 0 Å². The van der Waals surface area contributed by atoms with E-state index in [-0.39, 0.29) is 12.1 Å². The van der Waals surface area contributed by atoms with Crippen LogP contribution in [-0.4, -0.2) is 33.1 Å². The summed E-state index contributed by atoms with van der Waals surface area (Å²) in [5.74, 6) is 0.815. The van der Waals surface area contributed by atoms with Crippen molar-refractivity contribution >= 4 is 6.09 Å². The average molecular weight is 389 g/mol. The highest BCUT2D eigenvalue weighted by atomic mass is 16.6. The van der Waals surface area contributed by atoms with E-state index in [9.17, 15) is 4.79 Å². The van der Waals surface area contributed by atoms with E-state index < -0.39 is 5.60 Å². The number of aromatic amines is 1. The van der Waals surface area contributed by atoms with E-state index >= 15 is 0 Å². The molecule has 1 amide bonds. The zero-order chi connectivity index (χ0) is 20.4. The van der Waals surface area contributed by atoms with Crippen LogP contribution in [0.3, 0.4) is 0 Å². The molecule has 1 fully saturated rings. The molecule has 0 bridgehead atoms. The lowest BCUT2D eigenvalue weighted by Crippen LogP contribution is -2.36. The summed E-state index contributed by atoms with van der Waals surface area (Å²) < 4.78 is 5.57. The third-order valence-corrected chi connectivity index (χ3v) is 5.09. The van der Waals surface area contributed by atoms with Gasteiger partial charge in [-0.1, -0.05) is 54.6 Å². The molecule has 4 rings (SSSR count). The van der Waals surface area contributed by atoms with E-state index in [1.807, 2.05) is 45.2 Å². The minimum atomic E-state index is -0.501. The first-order valence-corrected chi connectivity index (χ1v) is 10.1. The van der Waals surface area contributed by atoms with Crippen LogP contribution in [0.25, 0.3) is 22.4 Å². The molecule has 1 aliphatic heterocycles. The zero-order valence-corrected chi connectivity index (χ0v) is 17.2. The number of hydrogen-bond donors (Lipinski definition) is 1. The Balaban J connectivity index is 1.51. The molecular formula is C24H27N3O2. The van der Waals surface area contributed by atoms with Gasteiger partial charge in [-0.25, -0.2) is 9.78 Å². The van der Waals surface area contributed by atoms with Gasteiger partial charge >= 0.3 is 6.09 Å². The van der Waals surface area contributed by atoms with E-state index in [1.165, 1.54) is 11.1 Å². The maximum atomic E-state index is 12.6. The Morgan fingerprint density at radius 2 is 1.69 bits per heavy atom. The zero-order valence-electron chi connectivity index (χ0n) is 17.2. The van der Waals surface area contributed by atoms with Crippen molar-refractivity contribution in [3.05, 3.63) is 66.6 Å². The third-order valence-electron chi connectivity index (χ3n) is 5.09. The van der Waals surface area contributed by atoms with Crippen LogP contribution in [0, 0.1) is 0 Å². The maximum Gasteiger partial charge on any atom is 0.410 e. The molecule has 0 saturated carbocycles. The summed E-state index contributed by atoms with van der Waals surface area (Å²) in [6, 6.07) is 18.7. The van der Waals surface area contributed by atoms with Crippen molar-refractivity contribution < 1.29 is 9.53 Å². The van der Waals surface area contributed by atoms with Crippen molar-refractivity contribution in [2.75, 3.05) is 6.54 Å². The lowest BCUT2D eigenvalue weighted by molar-refractivity contribution is 0.0219. The molecule has 3 aromatic rings. The molecule has 5 nitrogen and oxygen atoms in total. The van der Waals surface area contributed by atoms with Gasteiger partial charge in [-0.2, -0.15) is 0 Å². The molecule has 150 valence electrons. The van der Waals surface area contributed by atoms with Crippen LogP contribution in [-0.2, 0) is 4.74 Å². The van der Waals surface area contributed by atoms with E-state index in [1.54, 1.807) is 4.90 Å². The number of carbonyl (C=O) groups excluding carboxylic acids is 1. The Bertz CT molecular complexity index is 971. The smallest absolute Gasteiger partial charge is 0.410 e. The highest BCUT2D eigenvalue weighted by Gasteiger charge is 2.34. The number of hydrogen-bond acceptors (Lipinski definition) is 3. The van der Waals surface area contributed by atoms with Crippen LogP contribution >= 0.6 is 0 Å². The van der Waals surface area contributed by atoms with Gasteiger partial charge in [0.25, 0.3) is 0 Å². The van der Waals surface area contributed by atoms with Crippen LogP contribution in [0.4, 0.5) is 4.79 Å². The topological polar surface area (TPSA) is 58.2 Å². The summed E-state index contributed by atoms with van der Waals surface area (Å²) >= 11 is 0. The molecule has 1 aromatic heterocycles. The average Bonchev–Trinajstić information content (AvgIpc) is 3.37. The highest BCUT2D eigenvalue weighted by molar-refractivity contribution is 5.70. The Morgan fingerprint density at radius 1 is 1.03 bits per heavy atom. The van der Waals surface area contributed by atoms with Gasteiger partial charge in [0.2, 0.25) is 0 Å². The van der Waals surface area contributed by atoms with E-state index in [0.717, 1.165) is 29.9 Å². The summed E-state index contributed by atoms with van der Waals surface area (Å²) in [4.78, 5) is 22.3. The predicted octanol–water partition coefficient (Wildman–Crippen LogP) is 5.82. The summed E-state index contributed by atoms with van der Waals surface area (Å²) in [5.41, 5.74) is 3.91. The number of H-pyrrole nitrogens is 1. The van der Waals surface area contributed by atoms with Crippen LogP contribution in [0.15, 0.2) is 60.8 Å². The molecule has 1 atom stereocenters. The van der Waals surface area contributed by atoms with Crippen LogP contribution in [0.1, 0.15) is 45.5 Å². The van der Waals surface area contributed by atoms with Gasteiger partial charge in [0, 0.05) is 6.54 Å². The minimum Gasteiger partial charge on any atom is -0.444 e. The Labute approximate surface area is 171 Å². The fraction of sp³-hybridized carbons (Fsp3) is 0.333. The molecule has 29 heavy (non-hydrogen) atoms. The van der Waals surface area contributed by atoms with Crippen molar-refractivity contribution in [1.82, 2.24) is 14.9 Å². The van der Waals surface area contributed by atoms with E-state index in [2.05, 4.69) is 46.4 Å². The number of amides is 1. The second-order valence-corrected chi connectivity index (χ2v) is 8.46. The Kier molecular flexibility index (Phi) is 5.14. The SMILES string of the molecule is CC(C)(C)OC(=O)N1CCCC1c1ncc(-c2ccc(-c3ccccc3)cc2)[nH]1. The summed E-state index contributed by atoms with van der Waals surface area (Å²) in [6.07, 6.45) is 3.41. The van der Waals surface area contributed by atoms with Gasteiger partial charge in [-0.3, -0.25) is 4.90 Å². The quantitative estimate of drug-likeness (QED) is 0.614. The Morgan fingerprint density at radius 3 is 2.38 bits per heavy atom. The second kappa shape index (κ2) is 7.74.